The lowest BCUT2D eigenvalue weighted by atomic mass is 9.86. The molecule has 0 atom stereocenters. The summed E-state index contributed by atoms with van der Waals surface area (Å²) in [6.45, 7) is 15.3. The van der Waals surface area contributed by atoms with Gasteiger partial charge in [0.1, 0.15) is 27.7 Å². The van der Waals surface area contributed by atoms with Gasteiger partial charge in [0.05, 0.1) is 58.6 Å². The van der Waals surface area contributed by atoms with E-state index in [0.717, 1.165) is 121 Å². The van der Waals surface area contributed by atoms with Crippen molar-refractivity contribution in [2.75, 3.05) is 157 Å². The highest BCUT2D eigenvalue weighted by molar-refractivity contribution is 6.34. The van der Waals surface area contributed by atoms with Crippen LogP contribution in [0.4, 0.5) is 52.4 Å². The normalized spacial score (nSPS) is 21.5. The molecule has 37 nitrogen and oxygen atoms in total. The van der Waals surface area contributed by atoms with Crippen molar-refractivity contribution in [3.8, 4) is 0 Å². The Morgan fingerprint density at radius 3 is 0.839 bits per heavy atom. The molecule has 0 radical (unpaired) electrons. The number of anilines is 5. The van der Waals surface area contributed by atoms with Crippen molar-refractivity contribution in [2.24, 2.45) is 23.7 Å². The van der Waals surface area contributed by atoms with Crippen molar-refractivity contribution in [3.63, 3.8) is 0 Å². The van der Waals surface area contributed by atoms with Gasteiger partial charge in [0.15, 0.2) is 0 Å². The first-order chi connectivity index (χ1) is 66.0. The lowest BCUT2D eigenvalue weighted by molar-refractivity contribution is -0.133. The molecule has 2 aliphatic carbocycles. The van der Waals surface area contributed by atoms with Gasteiger partial charge in [-0.25, -0.2) is 24.0 Å². The van der Waals surface area contributed by atoms with Gasteiger partial charge in [-0.05, 0) is 201 Å². The Bertz CT molecular complexity index is 5990. The number of H-pyrrole nitrogens is 5. The average molecular weight is 1970 g/mol. The maximum atomic E-state index is 13.2. The molecule has 137 heavy (non-hydrogen) atoms. The van der Waals surface area contributed by atoms with Crippen LogP contribution in [0.25, 0.3) is 54.5 Å². The number of imide groups is 5. The molecular weight excluding hydrogens is 1860 g/mol. The van der Waals surface area contributed by atoms with E-state index in [1.54, 1.807) is 31.0 Å². The maximum absolute atomic E-state index is 13.2. The van der Waals surface area contributed by atoms with E-state index < -0.39 is 27.7 Å². The minimum absolute atomic E-state index is 0.0349. The summed E-state index contributed by atoms with van der Waals surface area (Å²) in [5.41, 5.74) is 5.69. The second kappa shape index (κ2) is 38.7. The summed E-state index contributed by atoms with van der Waals surface area (Å²) in [4.78, 5) is 147. The molecule has 13 fully saturated rings. The van der Waals surface area contributed by atoms with E-state index in [1.807, 2.05) is 93.5 Å². The van der Waals surface area contributed by atoms with Crippen LogP contribution in [0, 0.1) is 23.7 Å². The number of piperidine rings is 5. The molecule has 5 aromatic carbocycles. The number of hydrogen-bond donors (Lipinski definition) is 10. The summed E-state index contributed by atoms with van der Waals surface area (Å²) in [5, 5.41) is 58.6. The Morgan fingerprint density at radius 1 is 0.336 bits per heavy atom. The third-order valence-electron chi connectivity index (χ3n) is 29.9. The molecule has 11 saturated heterocycles. The zero-order valence-corrected chi connectivity index (χ0v) is 80.9. The first-order valence-corrected chi connectivity index (χ1v) is 49.7. The van der Waals surface area contributed by atoms with E-state index >= 15 is 0 Å². The number of fused-ring (bicyclic) bond motifs is 5. The molecule has 726 valence electrons. The Kier molecular flexibility index (Phi) is 26.7. The van der Waals surface area contributed by atoms with Crippen LogP contribution in [0.15, 0.2) is 91.6 Å². The zero-order valence-electron chi connectivity index (χ0n) is 77.2. The smallest absolute Gasteiger partial charge is 0.325 e. The summed E-state index contributed by atoms with van der Waals surface area (Å²) < 4.78 is 5.39. The number of rotatable bonds is 16. The summed E-state index contributed by atoms with van der Waals surface area (Å²) >= 11 is 31.3. The predicted octanol–water partition coefficient (Wildman–Crippen LogP) is 13.2. The SMILES string of the molecule is CC(C)CN1C(=O)NC2(CCN(c3cc(Cl)cc4[nH]ncc34)CC2)C1=O.CN(C)CCN1C(=O)NC2(CCN(c3cc(Cl)cc4[nH]ncc34)CC2)C1=O.O=C1NC2(CCN(c3cc(Cl)cc4[nH]ncc34)CC2)C(=O)N1CC1CC1.O=C1NC2(CCN(c3cc(Cl)cc4[nH]ncc34)CC2)C(=O)N1CC1CCCCC1.O=C1NC2(CCN(c3cc(Cl)cc4[nH]ncc34)CC2)C(=O)N1CC1CCOCC1. The summed E-state index contributed by atoms with van der Waals surface area (Å²) in [5.74, 6) is 1.18. The largest absolute Gasteiger partial charge is 0.381 e. The fraction of sp³-hybridized carbons (Fsp3) is 0.526. The van der Waals surface area contributed by atoms with E-state index in [0.29, 0.717) is 225 Å². The fourth-order valence-electron chi connectivity index (χ4n) is 21.9. The van der Waals surface area contributed by atoms with E-state index in [9.17, 15) is 47.9 Å². The number of urea groups is 5. The van der Waals surface area contributed by atoms with Gasteiger partial charge in [0.2, 0.25) is 0 Å². The number of likely N-dealkylation sites (N-methyl/N-ethyl adjacent to an activating group) is 1. The second-order valence-electron chi connectivity index (χ2n) is 39.6. The Morgan fingerprint density at radius 2 is 0.577 bits per heavy atom. The summed E-state index contributed by atoms with van der Waals surface area (Å²) in [7, 11) is 3.85. The van der Waals surface area contributed by atoms with Crippen LogP contribution in [0.3, 0.4) is 0 Å². The van der Waals surface area contributed by atoms with Crippen molar-refractivity contribution >= 4 is 201 Å². The van der Waals surface area contributed by atoms with Gasteiger partial charge in [0.25, 0.3) is 29.5 Å². The van der Waals surface area contributed by atoms with Gasteiger partial charge < -0.3 is 60.7 Å². The number of carbonyl (C=O) groups excluding carboxylic acids is 10. The van der Waals surface area contributed by atoms with Crippen LogP contribution in [0.1, 0.15) is 136 Å². The molecule has 10 N–H and O–H groups in total. The molecule has 13 aliphatic rings. The highest BCUT2D eigenvalue weighted by atomic mass is 35.5. The molecule has 5 aromatic heterocycles. The van der Waals surface area contributed by atoms with Gasteiger partial charge in [-0.15, -0.1) is 0 Å². The van der Waals surface area contributed by atoms with Crippen molar-refractivity contribution in [1.82, 2.24) is 107 Å². The number of carbonyl (C=O) groups is 10. The molecule has 23 rings (SSSR count). The van der Waals surface area contributed by atoms with E-state index in [1.165, 1.54) is 43.8 Å². The van der Waals surface area contributed by atoms with Crippen molar-refractivity contribution in [1.29, 1.82) is 0 Å². The number of aromatic amines is 5. The van der Waals surface area contributed by atoms with Crippen molar-refractivity contribution in [3.05, 3.63) is 117 Å². The third-order valence-corrected chi connectivity index (χ3v) is 31.0. The molecule has 0 unspecified atom stereocenters. The molecule has 2 saturated carbocycles. The highest BCUT2D eigenvalue weighted by Crippen LogP contribution is 2.45. The topological polar surface area (TPSA) is 419 Å². The van der Waals surface area contributed by atoms with E-state index in [-0.39, 0.29) is 65.6 Å². The molecule has 42 heteroatoms. The van der Waals surface area contributed by atoms with Gasteiger partial charge >= 0.3 is 30.2 Å². The monoisotopic (exact) mass is 1970 g/mol. The number of nitrogens with zero attached hydrogens (tertiary/aromatic N) is 16. The zero-order chi connectivity index (χ0) is 95.6. The Hall–Kier alpha value is -11.5. The van der Waals surface area contributed by atoms with Gasteiger partial charge in [0, 0.05) is 198 Å². The number of hydrogen-bond acceptors (Lipinski definition) is 22. The highest BCUT2D eigenvalue weighted by Gasteiger charge is 2.58. The summed E-state index contributed by atoms with van der Waals surface area (Å²) in [6.07, 6.45) is 24.8. The number of halogens is 5. The van der Waals surface area contributed by atoms with Crippen LogP contribution in [-0.4, -0.2) is 300 Å². The molecule has 15 amide bonds. The minimum atomic E-state index is -0.785. The number of benzene rings is 5. The standard InChI is InChI=1S/C21H26ClN5O2.C20H24ClN5O3.C18H23ClN6O2.C18H20ClN5O2.C18H22ClN5O2/c22-15-10-17-16(12-23-25-17)18(11-15)26-8-6-21(7-9-26)19(28)27(20(29)24-21)13-14-4-2-1-3-5-14;21-14-9-16-15(11-22-24-16)17(10-14)25-5-3-20(4-6-25)18(27)26(19(28)23-20)12-13-1-7-29-8-2-13;1-23(2)7-8-25-16(26)18(21-17(25)27)3-5-24(6-4-18)15-10-12(19)9-14-13(15)11-20-22-14;19-12-7-14-13(9-20-22-14)15(8-12)23-5-3-18(4-6-23)16(25)24(17(26)21-18)10-11-1-2-11;1-11(2)10-24-16(25)18(21-17(24)26)3-5-23(6-4-18)15-8-12(19)7-14-13(15)9-20-22-14/h10-12,14H,1-9,13H2,(H,23,25)(H,24,29);9-11,13H,1-8,12H2,(H,22,24)(H,23,28);9-11H,3-8H2,1-2H3,(H,20,22)(H,21,27);7-9,11H,1-6,10H2,(H,20,22)(H,21,26);7-9,11H,3-6,10H2,1-2H3,(H,20,22)(H,21,26). The number of amides is 15. The predicted molar refractivity (Wildman–Crippen MR) is 524 cm³/mol. The Balaban J connectivity index is 0.000000110. The van der Waals surface area contributed by atoms with Gasteiger partial charge in [-0.3, -0.25) is 74.0 Å². The van der Waals surface area contributed by atoms with Crippen molar-refractivity contribution < 1.29 is 52.7 Å². The Labute approximate surface area is 815 Å². The molecular formula is C95H115Cl5N26O11. The van der Waals surface area contributed by atoms with Gasteiger partial charge in [-0.2, -0.15) is 25.5 Å². The maximum Gasteiger partial charge on any atom is 0.325 e. The number of ether oxygens (including phenoxy) is 1. The molecule has 11 aliphatic heterocycles. The van der Waals surface area contributed by atoms with Crippen LogP contribution in [0.5, 0.6) is 0 Å². The molecule has 0 bridgehead atoms. The second-order valence-corrected chi connectivity index (χ2v) is 41.8. The molecule has 5 spiro atoms. The lowest BCUT2D eigenvalue weighted by Crippen LogP contribution is -2.55. The first kappa shape index (κ1) is 94.5. The lowest BCUT2D eigenvalue weighted by Gasteiger charge is -2.38. The molecule has 10 aromatic rings. The minimum Gasteiger partial charge on any atom is -0.381 e. The van der Waals surface area contributed by atoms with Crippen LogP contribution < -0.4 is 51.1 Å². The molecule has 16 heterocycles. The van der Waals surface area contributed by atoms with E-state index in [2.05, 4.69) is 102 Å². The number of aromatic nitrogens is 10. The average Bonchev–Trinajstić information content (AvgIpc) is 1.62. The first-order valence-electron chi connectivity index (χ1n) is 47.8. The van der Waals surface area contributed by atoms with Crippen LogP contribution in [-0.2, 0) is 28.7 Å². The third kappa shape index (κ3) is 19.0. The quantitative estimate of drug-likeness (QED) is 0.0402. The summed E-state index contributed by atoms with van der Waals surface area (Å²) in [6, 6.07) is 17.7. The fourth-order valence-corrected chi connectivity index (χ4v) is 23.0. The van der Waals surface area contributed by atoms with Gasteiger partial charge in [-0.1, -0.05) is 91.1 Å². The van der Waals surface area contributed by atoms with Crippen molar-refractivity contribution in [2.45, 2.75) is 164 Å². The number of nitrogens with one attached hydrogen (secondary N) is 10. The van der Waals surface area contributed by atoms with E-state index in [4.69, 9.17) is 62.7 Å². The van der Waals surface area contributed by atoms with Crippen LogP contribution in [0.2, 0.25) is 25.1 Å². The van der Waals surface area contributed by atoms with Crippen LogP contribution >= 0.6 is 58.0 Å².